The fourth-order valence-electron chi connectivity index (χ4n) is 3.68. The molecule has 0 amide bonds. The van der Waals surface area contributed by atoms with E-state index in [0.717, 1.165) is 37.6 Å². The van der Waals surface area contributed by atoms with Gasteiger partial charge in [0.1, 0.15) is 4.60 Å². The summed E-state index contributed by atoms with van der Waals surface area (Å²) in [6.45, 7) is 2.76. The van der Waals surface area contributed by atoms with Crippen LogP contribution in [0.4, 0.5) is 8.78 Å². The molecule has 10 heteroatoms. The number of carbonyl (C=O) groups is 1. The maximum Gasteiger partial charge on any atom is 0.314 e. The van der Waals surface area contributed by atoms with Crippen LogP contribution in [-0.2, 0) is 11.3 Å². The number of aromatic nitrogens is 3. The summed E-state index contributed by atoms with van der Waals surface area (Å²) in [5.41, 5.74) is 0.903. The van der Waals surface area contributed by atoms with Crippen LogP contribution in [0.1, 0.15) is 26.2 Å². The molecule has 0 spiro atoms. The summed E-state index contributed by atoms with van der Waals surface area (Å²) in [7, 11) is 0. The van der Waals surface area contributed by atoms with Crippen LogP contribution in [-0.4, -0.2) is 20.3 Å². The Morgan fingerprint density at radius 1 is 1.26 bits per heavy atom. The molecule has 0 bridgehead atoms. The lowest BCUT2D eigenvalue weighted by atomic mass is 10.2. The first-order valence-electron chi connectivity index (χ1n) is 10.8. The van der Waals surface area contributed by atoms with Gasteiger partial charge in [-0.3, -0.25) is 14.0 Å². The number of fused-ring (bicyclic) bond motifs is 1. The third-order valence-electron chi connectivity index (χ3n) is 5.51. The van der Waals surface area contributed by atoms with E-state index >= 15 is 8.78 Å². The number of hydrogen-bond donors (Lipinski definition) is 0. The van der Waals surface area contributed by atoms with Gasteiger partial charge >= 0.3 is 5.97 Å². The zero-order chi connectivity index (χ0) is 24.0. The van der Waals surface area contributed by atoms with Crippen LogP contribution < -0.4 is 4.74 Å². The highest BCUT2D eigenvalue weighted by Gasteiger charge is 2.32. The lowest BCUT2D eigenvalue weighted by Crippen LogP contribution is -2.11. The Labute approximate surface area is 212 Å². The molecule has 2 heterocycles. The number of halogens is 4. The van der Waals surface area contributed by atoms with Crippen LogP contribution in [0.3, 0.4) is 0 Å². The van der Waals surface area contributed by atoms with Gasteiger partial charge < -0.3 is 4.74 Å². The third-order valence-corrected chi connectivity index (χ3v) is 7.97. The van der Waals surface area contributed by atoms with Crippen molar-refractivity contribution in [3.8, 4) is 11.4 Å². The molecule has 0 N–H and O–H groups in total. The number of rotatable bonds is 7. The number of aryl methyl sites for hydroxylation is 1. The minimum Gasteiger partial charge on any atom is -0.423 e. The number of ether oxygens (including phenoxy) is 1. The average molecular weight is 567 g/mol. The molecule has 0 unspecified atom stereocenters. The maximum atomic E-state index is 15.3. The van der Waals surface area contributed by atoms with E-state index in [-0.39, 0.29) is 27.1 Å². The highest BCUT2D eigenvalue weighted by atomic mass is 79.9. The lowest BCUT2D eigenvalue weighted by molar-refractivity contribution is -0.136. The van der Waals surface area contributed by atoms with Crippen molar-refractivity contribution in [2.24, 2.45) is 5.92 Å². The number of esters is 1. The minimum absolute atomic E-state index is 0.0172. The quantitative estimate of drug-likeness (QED) is 0.173. The fourth-order valence-corrected chi connectivity index (χ4v) is 5.68. The SMILES string of the molecule is CCCn1cc(-n2c(Br)c(Sc3cccc(OC(=O)C4CC4)c3F)c3ccc(Cl)c(F)c32)cn1. The number of carbonyl (C=O) groups excluding carboxylic acids is 1. The first-order valence-corrected chi connectivity index (χ1v) is 12.8. The van der Waals surface area contributed by atoms with Crippen molar-refractivity contribution >= 4 is 56.2 Å². The Morgan fingerprint density at radius 2 is 2.06 bits per heavy atom. The van der Waals surface area contributed by atoms with Crippen molar-refractivity contribution in [1.82, 2.24) is 14.3 Å². The molecular weight excluding hydrogens is 548 g/mol. The number of nitrogens with zero attached hydrogens (tertiary/aromatic N) is 3. The summed E-state index contributed by atoms with van der Waals surface area (Å²) in [4.78, 5) is 12.9. The van der Waals surface area contributed by atoms with E-state index in [1.807, 2.05) is 13.1 Å². The minimum atomic E-state index is -0.639. The molecule has 2 aromatic carbocycles. The molecule has 2 aromatic heterocycles. The molecule has 1 aliphatic rings. The fraction of sp³-hybridized carbons (Fsp3) is 0.250. The molecule has 0 atom stereocenters. The van der Waals surface area contributed by atoms with Gasteiger partial charge in [0.2, 0.25) is 0 Å². The van der Waals surface area contributed by atoms with Crippen LogP contribution in [0.2, 0.25) is 5.02 Å². The van der Waals surface area contributed by atoms with Crippen molar-refractivity contribution in [1.29, 1.82) is 0 Å². The smallest absolute Gasteiger partial charge is 0.314 e. The molecule has 5 rings (SSSR count). The summed E-state index contributed by atoms with van der Waals surface area (Å²) >= 11 is 10.8. The molecule has 34 heavy (non-hydrogen) atoms. The highest BCUT2D eigenvalue weighted by molar-refractivity contribution is 9.10. The van der Waals surface area contributed by atoms with Crippen molar-refractivity contribution in [3.05, 3.63) is 64.0 Å². The highest BCUT2D eigenvalue weighted by Crippen LogP contribution is 2.46. The molecule has 1 fully saturated rings. The molecule has 1 saturated carbocycles. The zero-order valence-electron chi connectivity index (χ0n) is 18.0. The van der Waals surface area contributed by atoms with Gasteiger partial charge in [0.05, 0.1) is 38.1 Å². The molecule has 5 nitrogen and oxygen atoms in total. The van der Waals surface area contributed by atoms with Crippen LogP contribution in [0.25, 0.3) is 16.6 Å². The van der Waals surface area contributed by atoms with Crippen molar-refractivity contribution in [2.45, 2.75) is 42.5 Å². The van der Waals surface area contributed by atoms with Gasteiger partial charge in [-0.2, -0.15) is 5.10 Å². The topological polar surface area (TPSA) is 49.0 Å². The maximum absolute atomic E-state index is 15.3. The Kier molecular flexibility index (Phi) is 6.43. The van der Waals surface area contributed by atoms with Gasteiger partial charge in [-0.15, -0.1) is 0 Å². The van der Waals surface area contributed by atoms with Gasteiger partial charge in [0.15, 0.2) is 17.4 Å². The predicted octanol–water partition coefficient (Wildman–Crippen LogP) is 7.40. The Morgan fingerprint density at radius 3 is 2.79 bits per heavy atom. The molecule has 0 radical (unpaired) electrons. The standard InChI is InChI=1S/C24H19BrClF2N3O2S/c1-2-10-30-12-14(11-29-30)31-21-15(8-9-16(26)19(21)27)22(23(31)25)34-18-5-3-4-17(20(18)28)33-24(32)13-6-7-13/h3-5,8-9,11-13H,2,6-7,10H2,1H3. The van der Waals surface area contributed by atoms with Crippen LogP contribution in [0.5, 0.6) is 5.75 Å². The second-order valence-electron chi connectivity index (χ2n) is 8.04. The van der Waals surface area contributed by atoms with Gasteiger partial charge in [-0.1, -0.05) is 36.4 Å². The molecule has 1 aliphatic carbocycles. The Hall–Kier alpha value is -2.36. The summed E-state index contributed by atoms with van der Waals surface area (Å²) in [5, 5.41) is 4.89. The number of hydrogen-bond acceptors (Lipinski definition) is 4. The van der Waals surface area contributed by atoms with Gasteiger partial charge in [-0.05, 0) is 59.5 Å². The predicted molar refractivity (Wildman–Crippen MR) is 131 cm³/mol. The summed E-state index contributed by atoms with van der Waals surface area (Å²) < 4.78 is 39.8. The van der Waals surface area contributed by atoms with Crippen molar-refractivity contribution < 1.29 is 18.3 Å². The van der Waals surface area contributed by atoms with E-state index in [9.17, 15) is 4.79 Å². The van der Waals surface area contributed by atoms with E-state index in [1.54, 1.807) is 33.6 Å². The van der Waals surface area contributed by atoms with Crippen LogP contribution in [0, 0.1) is 17.6 Å². The monoisotopic (exact) mass is 565 g/mol. The summed E-state index contributed by atoms with van der Waals surface area (Å²) in [6, 6.07) is 7.83. The second kappa shape index (κ2) is 9.36. The van der Waals surface area contributed by atoms with Gasteiger partial charge in [-0.25, -0.2) is 8.78 Å². The molecule has 0 saturated heterocycles. The van der Waals surface area contributed by atoms with Crippen LogP contribution in [0.15, 0.2) is 57.1 Å². The molecular formula is C24H19BrClF2N3O2S. The van der Waals surface area contributed by atoms with Crippen LogP contribution >= 0.6 is 39.3 Å². The first-order chi connectivity index (χ1) is 16.4. The van der Waals surface area contributed by atoms with E-state index in [0.29, 0.717) is 20.6 Å². The lowest BCUT2D eigenvalue weighted by Gasteiger charge is -2.09. The van der Waals surface area contributed by atoms with E-state index in [2.05, 4.69) is 21.0 Å². The number of benzene rings is 2. The zero-order valence-corrected chi connectivity index (χ0v) is 21.2. The largest absolute Gasteiger partial charge is 0.423 e. The summed E-state index contributed by atoms with van der Waals surface area (Å²) in [5.74, 6) is -1.90. The van der Waals surface area contributed by atoms with Crippen molar-refractivity contribution in [2.75, 3.05) is 0 Å². The van der Waals surface area contributed by atoms with Crippen molar-refractivity contribution in [3.63, 3.8) is 0 Å². The van der Waals surface area contributed by atoms with E-state index < -0.39 is 17.6 Å². The van der Waals surface area contributed by atoms with E-state index in [1.165, 1.54) is 12.1 Å². The second-order valence-corrected chi connectivity index (χ2v) is 10.3. The van der Waals surface area contributed by atoms with E-state index in [4.69, 9.17) is 16.3 Å². The molecule has 0 aliphatic heterocycles. The van der Waals surface area contributed by atoms with Gasteiger partial charge in [0, 0.05) is 18.1 Å². The third kappa shape index (κ3) is 4.25. The Balaban J connectivity index is 1.60. The summed E-state index contributed by atoms with van der Waals surface area (Å²) in [6.07, 6.45) is 5.90. The average Bonchev–Trinajstić information content (AvgIpc) is 3.51. The van der Waals surface area contributed by atoms with Gasteiger partial charge in [0.25, 0.3) is 0 Å². The molecule has 4 aromatic rings. The Bertz CT molecular complexity index is 1420. The normalized spacial score (nSPS) is 13.6. The molecule has 176 valence electrons. The first kappa shape index (κ1) is 23.4.